The van der Waals surface area contributed by atoms with Gasteiger partial charge in [-0.25, -0.2) is 0 Å². The molecule has 1 nitrogen and oxygen atoms in total. The van der Waals surface area contributed by atoms with Gasteiger partial charge in [0.25, 0.3) is 0 Å². The van der Waals surface area contributed by atoms with E-state index in [1.807, 2.05) is 0 Å². The van der Waals surface area contributed by atoms with Gasteiger partial charge in [0.1, 0.15) is 5.78 Å². The third-order valence-corrected chi connectivity index (χ3v) is 12.5. The maximum Gasteiger partial charge on any atom is 0.133 e. The number of carbonyl (C=O) groups excluding carboxylic acids is 1. The number of Topliss-reactive ketones (excluding diaryl/α,β-unsaturated/α-hetero) is 1. The fourth-order valence-electron chi connectivity index (χ4n) is 10.9. The minimum absolute atomic E-state index is 0.566. The lowest BCUT2D eigenvalue weighted by Crippen LogP contribution is -2.55. The number of fused-ring (bicyclic) bond motifs is 6. The zero-order valence-corrected chi connectivity index (χ0v) is 22.0. The second-order valence-corrected chi connectivity index (χ2v) is 14.4. The fraction of sp³-hybridized carbons (Fsp3) is 0.968. The highest BCUT2D eigenvalue weighted by Gasteiger charge is 2.61. The number of hydrogen-bond donors (Lipinski definition) is 0. The maximum absolute atomic E-state index is 12.1. The first-order valence-electron chi connectivity index (χ1n) is 14.7. The van der Waals surface area contributed by atoms with E-state index in [1.165, 1.54) is 77.0 Å². The van der Waals surface area contributed by atoms with Gasteiger partial charge in [-0.05, 0) is 122 Å². The Labute approximate surface area is 199 Å². The smallest absolute Gasteiger partial charge is 0.133 e. The molecule has 5 fully saturated rings. The van der Waals surface area contributed by atoms with Crippen LogP contribution in [0.25, 0.3) is 0 Å². The van der Waals surface area contributed by atoms with Gasteiger partial charge in [0, 0.05) is 12.8 Å². The first-order chi connectivity index (χ1) is 15.2. The van der Waals surface area contributed by atoms with E-state index in [-0.39, 0.29) is 0 Å². The Morgan fingerprint density at radius 1 is 0.875 bits per heavy atom. The van der Waals surface area contributed by atoms with Crippen LogP contribution < -0.4 is 0 Å². The Hall–Kier alpha value is -0.330. The average Bonchev–Trinajstić information content (AvgIpc) is 3.09. The van der Waals surface area contributed by atoms with Gasteiger partial charge < -0.3 is 0 Å². The molecule has 5 saturated carbocycles. The van der Waals surface area contributed by atoms with Crippen molar-refractivity contribution in [3.8, 4) is 0 Å². The minimum Gasteiger partial charge on any atom is -0.300 e. The summed E-state index contributed by atoms with van der Waals surface area (Å²) < 4.78 is 0. The van der Waals surface area contributed by atoms with E-state index in [9.17, 15) is 4.79 Å². The minimum atomic E-state index is 0.566. The normalized spacial score (nSPS) is 49.2. The number of rotatable bonds is 5. The molecule has 5 rings (SSSR count). The zero-order chi connectivity index (χ0) is 22.7. The largest absolute Gasteiger partial charge is 0.300 e. The van der Waals surface area contributed by atoms with E-state index in [0.717, 1.165) is 66.1 Å². The van der Waals surface area contributed by atoms with E-state index in [0.29, 0.717) is 16.6 Å². The van der Waals surface area contributed by atoms with Crippen LogP contribution in [0.5, 0.6) is 0 Å². The topological polar surface area (TPSA) is 17.1 Å². The molecule has 0 amide bonds. The third kappa shape index (κ3) is 3.84. The van der Waals surface area contributed by atoms with Crippen LogP contribution in [0.2, 0.25) is 0 Å². The molecule has 0 aromatic heterocycles. The van der Waals surface area contributed by atoms with Gasteiger partial charge >= 0.3 is 0 Å². The molecule has 0 bridgehead atoms. The summed E-state index contributed by atoms with van der Waals surface area (Å²) in [6, 6.07) is 0. The standard InChI is InChI=1S/C31H52O/c1-20(2)7-6-8-21(3)27-13-14-28-26-12-10-24-17-23-18-25(32)11-9-22(23)19-31(24,5)29(26)15-16-30(27,28)4/h20-24,26-29H,6-19H2,1-5H3/t21-,22+,23-,24-,26+,27-,28+,29+,30-,31+/m1/s1. The number of carbonyl (C=O) groups is 1. The molecule has 0 heterocycles. The summed E-state index contributed by atoms with van der Waals surface area (Å²) in [7, 11) is 0. The maximum atomic E-state index is 12.1. The quantitative estimate of drug-likeness (QED) is 0.418. The van der Waals surface area contributed by atoms with Crippen molar-refractivity contribution in [2.45, 2.75) is 125 Å². The van der Waals surface area contributed by atoms with Crippen molar-refractivity contribution in [3.63, 3.8) is 0 Å². The number of ketones is 1. The third-order valence-electron chi connectivity index (χ3n) is 12.5. The second kappa shape index (κ2) is 8.71. The molecule has 0 aromatic carbocycles. The molecule has 32 heavy (non-hydrogen) atoms. The Bertz CT molecular complexity index is 695. The molecule has 5 aliphatic rings. The van der Waals surface area contributed by atoms with Crippen LogP contribution in [0.4, 0.5) is 0 Å². The summed E-state index contributed by atoms with van der Waals surface area (Å²) in [4.78, 5) is 12.1. The van der Waals surface area contributed by atoms with Crippen molar-refractivity contribution >= 4 is 5.78 Å². The Morgan fingerprint density at radius 3 is 2.44 bits per heavy atom. The molecule has 5 aliphatic carbocycles. The predicted octanol–water partition coefficient (Wildman–Crippen LogP) is 8.70. The van der Waals surface area contributed by atoms with Crippen molar-refractivity contribution in [2.75, 3.05) is 0 Å². The molecule has 182 valence electrons. The van der Waals surface area contributed by atoms with Crippen LogP contribution in [0.3, 0.4) is 0 Å². The lowest BCUT2D eigenvalue weighted by Gasteiger charge is -2.63. The average molecular weight is 441 g/mol. The van der Waals surface area contributed by atoms with E-state index in [1.54, 1.807) is 0 Å². The van der Waals surface area contributed by atoms with Crippen molar-refractivity contribution in [3.05, 3.63) is 0 Å². The molecule has 0 saturated heterocycles. The van der Waals surface area contributed by atoms with E-state index in [2.05, 4.69) is 34.6 Å². The van der Waals surface area contributed by atoms with Gasteiger partial charge in [0.05, 0.1) is 0 Å². The van der Waals surface area contributed by atoms with Crippen molar-refractivity contribution in [1.29, 1.82) is 0 Å². The van der Waals surface area contributed by atoms with Crippen molar-refractivity contribution < 1.29 is 4.79 Å². The van der Waals surface area contributed by atoms with Gasteiger partial charge in [-0.1, -0.05) is 53.9 Å². The van der Waals surface area contributed by atoms with E-state index < -0.39 is 0 Å². The lowest BCUT2D eigenvalue weighted by molar-refractivity contribution is -0.144. The molecule has 0 aliphatic heterocycles. The highest BCUT2D eigenvalue weighted by Crippen LogP contribution is 2.69. The number of hydrogen-bond acceptors (Lipinski definition) is 1. The van der Waals surface area contributed by atoms with Gasteiger partial charge in [0.2, 0.25) is 0 Å². The lowest BCUT2D eigenvalue weighted by atomic mass is 9.42. The van der Waals surface area contributed by atoms with Gasteiger partial charge in [-0.3, -0.25) is 4.79 Å². The Kier molecular flexibility index (Phi) is 6.37. The first-order valence-corrected chi connectivity index (χ1v) is 14.7. The fourth-order valence-corrected chi connectivity index (χ4v) is 10.9. The van der Waals surface area contributed by atoms with E-state index >= 15 is 0 Å². The summed E-state index contributed by atoms with van der Waals surface area (Å²) in [6.07, 6.45) is 19.2. The van der Waals surface area contributed by atoms with Crippen LogP contribution in [-0.4, -0.2) is 5.78 Å². The van der Waals surface area contributed by atoms with E-state index in [4.69, 9.17) is 0 Å². The molecule has 0 radical (unpaired) electrons. The van der Waals surface area contributed by atoms with Crippen LogP contribution >= 0.6 is 0 Å². The summed E-state index contributed by atoms with van der Waals surface area (Å²) in [6.45, 7) is 12.8. The molecular weight excluding hydrogens is 388 g/mol. The molecule has 1 heteroatoms. The van der Waals surface area contributed by atoms with Crippen LogP contribution in [-0.2, 0) is 4.79 Å². The highest BCUT2D eigenvalue weighted by atomic mass is 16.1. The van der Waals surface area contributed by atoms with Gasteiger partial charge in [0.15, 0.2) is 0 Å². The zero-order valence-electron chi connectivity index (χ0n) is 22.0. The molecule has 0 spiro atoms. The highest BCUT2D eigenvalue weighted by molar-refractivity contribution is 5.79. The molecule has 0 aromatic rings. The van der Waals surface area contributed by atoms with Crippen LogP contribution in [0.15, 0.2) is 0 Å². The molecule has 0 N–H and O–H groups in total. The Balaban J connectivity index is 1.29. The summed E-state index contributed by atoms with van der Waals surface area (Å²) in [5.41, 5.74) is 1.20. The van der Waals surface area contributed by atoms with Gasteiger partial charge in [-0.15, -0.1) is 0 Å². The van der Waals surface area contributed by atoms with Crippen molar-refractivity contribution in [2.24, 2.45) is 64.1 Å². The van der Waals surface area contributed by atoms with Crippen LogP contribution in [0, 0.1) is 64.1 Å². The van der Waals surface area contributed by atoms with Crippen molar-refractivity contribution in [1.82, 2.24) is 0 Å². The summed E-state index contributed by atoms with van der Waals surface area (Å²) in [5, 5.41) is 0. The SMILES string of the molecule is CC(C)CCC[C@@H](C)[C@H]1CC[C@H]2[C@@H]3CC[C@@H]4C[C@@H]5CC(=O)CC[C@H]5C[C@]4(C)[C@H]3CC[C@]12C. The first kappa shape index (κ1) is 23.4. The molecule has 0 unspecified atom stereocenters. The monoisotopic (exact) mass is 440 g/mol. The molecular formula is C31H52O. The van der Waals surface area contributed by atoms with Crippen LogP contribution in [0.1, 0.15) is 125 Å². The second-order valence-electron chi connectivity index (χ2n) is 14.4. The Morgan fingerprint density at radius 2 is 1.66 bits per heavy atom. The van der Waals surface area contributed by atoms with Gasteiger partial charge in [-0.2, -0.15) is 0 Å². The summed E-state index contributed by atoms with van der Waals surface area (Å²) >= 11 is 0. The molecule has 10 atom stereocenters. The summed E-state index contributed by atoms with van der Waals surface area (Å²) in [5.74, 6) is 8.82. The predicted molar refractivity (Wildman–Crippen MR) is 134 cm³/mol.